The molecule has 0 spiro atoms. The summed E-state index contributed by atoms with van der Waals surface area (Å²) in [5.74, 6) is 1.67. The monoisotopic (exact) mass is 366 g/mol. The molecule has 2 aliphatic heterocycles. The Balaban J connectivity index is 1.48. The molecule has 1 saturated heterocycles. The Morgan fingerprint density at radius 2 is 1.92 bits per heavy atom. The molecular weight excluding hydrogens is 344 g/mol. The number of carbonyl (C=O) groups is 1. The van der Waals surface area contributed by atoms with Gasteiger partial charge in [-0.3, -0.25) is 0 Å². The average Bonchev–Trinajstić information content (AvgIpc) is 3.35. The van der Waals surface area contributed by atoms with Crippen LogP contribution in [-0.2, 0) is 4.74 Å². The van der Waals surface area contributed by atoms with E-state index in [2.05, 4.69) is 5.32 Å². The van der Waals surface area contributed by atoms with E-state index in [0.29, 0.717) is 47.4 Å². The molecule has 6 nitrogen and oxygen atoms in total. The number of anilines is 1. The third kappa shape index (κ3) is 3.96. The number of carbonyl (C=O) groups excluding carboxylic acids is 1. The summed E-state index contributed by atoms with van der Waals surface area (Å²) in [6.07, 6.45) is 3.97. The van der Waals surface area contributed by atoms with Crippen LogP contribution in [0.5, 0.6) is 11.5 Å². The summed E-state index contributed by atoms with van der Waals surface area (Å²) in [6.45, 7) is 3.46. The number of amides is 2. The number of halogens is 1. The summed E-state index contributed by atoms with van der Waals surface area (Å²) in [7, 11) is 0. The first kappa shape index (κ1) is 16.8. The Bertz CT molecular complexity index is 644. The molecule has 25 heavy (non-hydrogen) atoms. The zero-order valence-electron chi connectivity index (χ0n) is 14.1. The third-order valence-electron chi connectivity index (χ3n) is 4.81. The van der Waals surface area contributed by atoms with Crippen molar-refractivity contribution < 1.29 is 19.0 Å². The van der Waals surface area contributed by atoms with E-state index in [9.17, 15) is 4.79 Å². The molecule has 1 atom stereocenters. The molecule has 1 N–H and O–H groups in total. The largest absolute Gasteiger partial charge is 0.490 e. The lowest BCUT2D eigenvalue weighted by atomic mass is 10.1. The van der Waals surface area contributed by atoms with Gasteiger partial charge in [0.1, 0.15) is 0 Å². The Morgan fingerprint density at radius 3 is 2.60 bits per heavy atom. The van der Waals surface area contributed by atoms with Gasteiger partial charge in [-0.1, -0.05) is 11.6 Å². The van der Waals surface area contributed by atoms with E-state index in [1.807, 2.05) is 4.90 Å². The normalized spacial score (nSPS) is 22.4. The second kappa shape index (κ2) is 7.30. The number of benzene rings is 1. The van der Waals surface area contributed by atoms with Gasteiger partial charge in [0.2, 0.25) is 0 Å². The van der Waals surface area contributed by atoms with Gasteiger partial charge in [0.15, 0.2) is 11.5 Å². The molecule has 7 heteroatoms. The molecule has 2 fully saturated rings. The zero-order chi connectivity index (χ0) is 17.2. The molecule has 0 aromatic heterocycles. The van der Waals surface area contributed by atoms with Crippen LogP contribution in [0.2, 0.25) is 5.02 Å². The van der Waals surface area contributed by atoms with Crippen LogP contribution in [0.3, 0.4) is 0 Å². The number of fused-ring (bicyclic) bond motifs is 1. The Labute approximate surface area is 152 Å². The van der Waals surface area contributed by atoms with E-state index < -0.39 is 0 Å². The molecular formula is C18H23ClN2O4. The molecule has 136 valence electrons. The first-order valence-electron chi connectivity index (χ1n) is 8.95. The quantitative estimate of drug-likeness (QED) is 0.885. The van der Waals surface area contributed by atoms with Crippen molar-refractivity contribution in [3.8, 4) is 11.5 Å². The van der Waals surface area contributed by atoms with Gasteiger partial charge in [-0.15, -0.1) is 0 Å². The Hall–Kier alpha value is -1.66. The second-order valence-corrected chi connectivity index (χ2v) is 7.28. The first-order valence-corrected chi connectivity index (χ1v) is 9.33. The zero-order valence-corrected chi connectivity index (χ0v) is 14.9. The maximum absolute atomic E-state index is 12.8. The Morgan fingerprint density at radius 1 is 1.16 bits per heavy atom. The van der Waals surface area contributed by atoms with E-state index in [-0.39, 0.29) is 6.03 Å². The topological polar surface area (TPSA) is 60.0 Å². The molecule has 2 amide bonds. The number of rotatable bonds is 4. The average molecular weight is 367 g/mol. The Kier molecular flexibility index (Phi) is 4.90. The summed E-state index contributed by atoms with van der Waals surface area (Å²) < 4.78 is 16.8. The minimum Gasteiger partial charge on any atom is -0.490 e. The molecule has 4 rings (SSSR count). The molecule has 1 unspecified atom stereocenters. The molecule has 1 aromatic rings. The number of nitrogens with zero attached hydrogens (tertiary/aromatic N) is 1. The lowest BCUT2D eigenvalue weighted by Gasteiger charge is -2.26. The standard InChI is InChI=1S/C18H23ClN2O4/c19-14-8-16-17(25-6-1-5-24-16)9-15(14)20-18(22)21(13-2-3-13)10-12-4-7-23-11-12/h8-9,12-13H,1-7,10-11H2,(H,20,22). The highest BCUT2D eigenvalue weighted by molar-refractivity contribution is 6.34. The van der Waals surface area contributed by atoms with Gasteiger partial charge in [0.25, 0.3) is 0 Å². The fourth-order valence-electron chi connectivity index (χ4n) is 3.26. The third-order valence-corrected chi connectivity index (χ3v) is 5.12. The van der Waals surface area contributed by atoms with E-state index in [1.54, 1.807) is 12.1 Å². The highest BCUT2D eigenvalue weighted by Gasteiger charge is 2.35. The summed E-state index contributed by atoms with van der Waals surface area (Å²) in [5, 5.41) is 3.41. The molecule has 0 bridgehead atoms. The lowest BCUT2D eigenvalue weighted by molar-refractivity contribution is 0.167. The van der Waals surface area contributed by atoms with Gasteiger partial charge in [0.05, 0.1) is 30.5 Å². The van der Waals surface area contributed by atoms with Gasteiger partial charge >= 0.3 is 6.03 Å². The molecule has 3 aliphatic rings. The van der Waals surface area contributed by atoms with Crippen LogP contribution in [0.15, 0.2) is 12.1 Å². The SMILES string of the molecule is O=C(Nc1cc2c(cc1Cl)OCCCO2)N(CC1CCOC1)C1CC1. The van der Waals surface area contributed by atoms with Gasteiger partial charge in [-0.25, -0.2) is 4.79 Å². The van der Waals surface area contributed by atoms with E-state index in [1.165, 1.54) is 0 Å². The molecule has 1 saturated carbocycles. The summed E-state index contributed by atoms with van der Waals surface area (Å²) in [4.78, 5) is 14.7. The summed E-state index contributed by atoms with van der Waals surface area (Å²) in [5.41, 5.74) is 0.559. The fourth-order valence-corrected chi connectivity index (χ4v) is 3.46. The van der Waals surface area contributed by atoms with Crippen molar-refractivity contribution in [2.24, 2.45) is 5.92 Å². The van der Waals surface area contributed by atoms with Crippen molar-refractivity contribution in [1.82, 2.24) is 4.90 Å². The van der Waals surface area contributed by atoms with Crippen molar-refractivity contribution in [2.45, 2.75) is 31.7 Å². The van der Waals surface area contributed by atoms with Crippen molar-refractivity contribution in [3.63, 3.8) is 0 Å². The molecule has 2 heterocycles. The van der Waals surface area contributed by atoms with Crippen molar-refractivity contribution in [1.29, 1.82) is 0 Å². The van der Waals surface area contributed by atoms with E-state index in [0.717, 1.165) is 45.4 Å². The highest BCUT2D eigenvalue weighted by atomic mass is 35.5. The smallest absolute Gasteiger partial charge is 0.322 e. The summed E-state index contributed by atoms with van der Waals surface area (Å²) in [6, 6.07) is 3.69. The number of hydrogen-bond donors (Lipinski definition) is 1. The minimum atomic E-state index is -0.106. The van der Waals surface area contributed by atoms with Crippen molar-refractivity contribution >= 4 is 23.3 Å². The predicted octanol–water partition coefficient (Wildman–Crippen LogP) is 3.53. The van der Waals surface area contributed by atoms with Crippen LogP contribution in [-0.4, -0.2) is 49.9 Å². The van der Waals surface area contributed by atoms with Crippen LogP contribution in [0.4, 0.5) is 10.5 Å². The van der Waals surface area contributed by atoms with Crippen molar-refractivity contribution in [3.05, 3.63) is 17.2 Å². The second-order valence-electron chi connectivity index (χ2n) is 6.87. The van der Waals surface area contributed by atoms with Gasteiger partial charge in [-0.05, 0) is 19.3 Å². The van der Waals surface area contributed by atoms with Crippen LogP contribution in [0.25, 0.3) is 0 Å². The van der Waals surface area contributed by atoms with E-state index >= 15 is 0 Å². The van der Waals surface area contributed by atoms with Gasteiger partial charge in [-0.2, -0.15) is 0 Å². The molecule has 1 aromatic carbocycles. The number of nitrogens with one attached hydrogen (secondary N) is 1. The van der Waals surface area contributed by atoms with Gasteiger partial charge < -0.3 is 24.4 Å². The maximum Gasteiger partial charge on any atom is 0.322 e. The number of hydrogen-bond acceptors (Lipinski definition) is 4. The lowest BCUT2D eigenvalue weighted by Crippen LogP contribution is -2.40. The molecule has 1 aliphatic carbocycles. The highest BCUT2D eigenvalue weighted by Crippen LogP contribution is 2.38. The number of ether oxygens (including phenoxy) is 3. The first-order chi connectivity index (χ1) is 12.2. The molecule has 0 radical (unpaired) electrons. The number of urea groups is 1. The van der Waals surface area contributed by atoms with Crippen LogP contribution in [0.1, 0.15) is 25.7 Å². The van der Waals surface area contributed by atoms with Crippen LogP contribution < -0.4 is 14.8 Å². The predicted molar refractivity (Wildman–Crippen MR) is 94.7 cm³/mol. The van der Waals surface area contributed by atoms with Crippen LogP contribution >= 0.6 is 11.6 Å². The minimum absolute atomic E-state index is 0.106. The van der Waals surface area contributed by atoms with E-state index in [4.69, 9.17) is 25.8 Å². The van der Waals surface area contributed by atoms with Gasteiger partial charge in [0, 0.05) is 43.7 Å². The summed E-state index contributed by atoms with van der Waals surface area (Å²) >= 11 is 6.34. The van der Waals surface area contributed by atoms with Crippen LogP contribution in [0, 0.1) is 5.92 Å². The maximum atomic E-state index is 12.8. The van der Waals surface area contributed by atoms with Crippen molar-refractivity contribution in [2.75, 3.05) is 38.3 Å². The fraction of sp³-hybridized carbons (Fsp3) is 0.611.